The minimum absolute atomic E-state index is 0.0121. The van der Waals surface area contributed by atoms with Crippen molar-refractivity contribution in [3.63, 3.8) is 0 Å². The van der Waals surface area contributed by atoms with Crippen molar-refractivity contribution in [3.8, 4) is 78.7 Å². The highest BCUT2D eigenvalue weighted by Gasteiger charge is 2.39. The molecular weight excluding hydrogens is 1010 g/mol. The summed E-state index contributed by atoms with van der Waals surface area (Å²) < 4.78 is 2.48. The molecule has 0 radical (unpaired) electrons. The first-order valence-corrected chi connectivity index (χ1v) is 30.4. The normalized spacial score (nSPS) is 14.4. The number of phenolic OH excluding ortho intramolecular Hbond substituents is 1. The van der Waals surface area contributed by atoms with Crippen LogP contribution in [-0.2, 0) is 27.1 Å². The van der Waals surface area contributed by atoms with Crippen LogP contribution in [0.5, 0.6) is 5.75 Å². The molecule has 0 fully saturated rings. The summed E-state index contributed by atoms with van der Waals surface area (Å²) in [6, 6.07) is 56.7. The summed E-state index contributed by atoms with van der Waals surface area (Å²) in [7, 11) is 0. The summed E-state index contributed by atoms with van der Waals surface area (Å²) >= 11 is 0. The van der Waals surface area contributed by atoms with E-state index in [-0.39, 0.29) is 44.7 Å². The topological polar surface area (TPSA) is 50.9 Å². The maximum Gasteiger partial charge on any atom is 0.145 e. The first-order chi connectivity index (χ1) is 38.9. The largest absolute Gasteiger partial charge is 0.507 e. The van der Waals surface area contributed by atoms with Crippen molar-refractivity contribution in [3.05, 3.63) is 202 Å². The van der Waals surface area contributed by atoms with Gasteiger partial charge in [0.1, 0.15) is 11.6 Å². The molecule has 0 saturated carbocycles. The first-order valence-electron chi connectivity index (χ1n) is 30.4. The summed E-state index contributed by atoms with van der Waals surface area (Å²) in [6.45, 7) is 43.7. The molecule has 0 atom stereocenters. The molecule has 11 rings (SSSR count). The van der Waals surface area contributed by atoms with Crippen LogP contribution < -0.4 is 0 Å². The third kappa shape index (κ3) is 10.4. The van der Waals surface area contributed by atoms with E-state index in [2.05, 4.69) is 288 Å². The summed E-state index contributed by atoms with van der Waals surface area (Å²) in [5, 5.41) is 15.3. The van der Waals surface area contributed by atoms with Gasteiger partial charge in [-0.2, -0.15) is 0 Å². The molecule has 4 nitrogen and oxygen atoms in total. The molecule has 0 spiro atoms. The molecular formula is C79H87N3O. The molecule has 2 heterocycles. The Kier molecular flexibility index (Phi) is 14.0. The number of hydrogen-bond donors (Lipinski definition) is 1. The number of hydrogen-bond acceptors (Lipinski definition) is 3. The molecule has 1 aliphatic rings. The molecule has 83 heavy (non-hydrogen) atoms. The Morgan fingerprint density at radius 3 is 1.67 bits per heavy atom. The highest BCUT2D eigenvalue weighted by atomic mass is 16.3. The van der Waals surface area contributed by atoms with E-state index in [1.807, 2.05) is 0 Å². The zero-order chi connectivity index (χ0) is 59.6. The second kappa shape index (κ2) is 20.4. The molecule has 1 N–H and O–H groups in total. The predicted molar refractivity (Wildman–Crippen MR) is 355 cm³/mol. The van der Waals surface area contributed by atoms with E-state index in [9.17, 15) is 5.11 Å². The van der Waals surface area contributed by atoms with Crippen LogP contribution in [0.1, 0.15) is 186 Å². The number of aromatic hydroxyl groups is 1. The predicted octanol–water partition coefficient (Wildman–Crippen LogP) is 22.0. The second-order valence-corrected chi connectivity index (χ2v) is 29.4. The molecule has 1 aliphatic carbocycles. The lowest BCUT2D eigenvalue weighted by Gasteiger charge is -2.42. The third-order valence-corrected chi connectivity index (χ3v) is 18.0. The summed E-state index contributed by atoms with van der Waals surface area (Å²) in [4.78, 5) is 11.4. The molecule has 424 valence electrons. The first kappa shape index (κ1) is 57.3. The summed E-state index contributed by atoms with van der Waals surface area (Å²) in [5.74, 6) is 1.56. The van der Waals surface area contributed by atoms with E-state index in [1.54, 1.807) is 0 Å². The smallest absolute Gasteiger partial charge is 0.145 e. The maximum atomic E-state index is 12.6. The Morgan fingerprint density at radius 2 is 1.05 bits per heavy atom. The van der Waals surface area contributed by atoms with Crippen molar-refractivity contribution < 1.29 is 5.11 Å². The van der Waals surface area contributed by atoms with Gasteiger partial charge in [-0.05, 0) is 221 Å². The van der Waals surface area contributed by atoms with Gasteiger partial charge in [0.2, 0.25) is 0 Å². The van der Waals surface area contributed by atoms with Gasteiger partial charge >= 0.3 is 0 Å². The van der Waals surface area contributed by atoms with Crippen LogP contribution in [0.25, 0.3) is 94.8 Å². The van der Waals surface area contributed by atoms with Gasteiger partial charge < -0.3 is 5.11 Å². The van der Waals surface area contributed by atoms with Gasteiger partial charge in [0.05, 0.1) is 28.1 Å². The fourth-order valence-corrected chi connectivity index (χ4v) is 13.8. The second-order valence-electron chi connectivity index (χ2n) is 29.4. The van der Waals surface area contributed by atoms with Crippen molar-refractivity contribution in [2.45, 2.75) is 177 Å². The number of phenols is 1. The van der Waals surface area contributed by atoms with E-state index in [0.29, 0.717) is 0 Å². The van der Waals surface area contributed by atoms with Crippen LogP contribution in [0, 0.1) is 13.8 Å². The molecule has 0 bridgehead atoms. The van der Waals surface area contributed by atoms with Crippen molar-refractivity contribution in [2.24, 2.45) is 0 Å². The highest BCUT2D eigenvalue weighted by Crippen LogP contribution is 2.52. The van der Waals surface area contributed by atoms with Gasteiger partial charge in [0.25, 0.3) is 0 Å². The van der Waals surface area contributed by atoms with Gasteiger partial charge in [-0.25, -0.2) is 9.97 Å². The average Bonchev–Trinajstić information content (AvgIpc) is 2.65. The molecule has 4 heteroatoms. The minimum Gasteiger partial charge on any atom is -0.507 e. The van der Waals surface area contributed by atoms with Crippen molar-refractivity contribution in [2.75, 3.05) is 0 Å². The lowest BCUT2D eigenvalue weighted by Crippen LogP contribution is -2.34. The Morgan fingerprint density at radius 1 is 0.482 bits per heavy atom. The van der Waals surface area contributed by atoms with Gasteiger partial charge in [0, 0.05) is 22.3 Å². The van der Waals surface area contributed by atoms with E-state index in [1.165, 1.54) is 77.7 Å². The number of fused-ring (bicyclic) bond motifs is 1. The maximum absolute atomic E-state index is 12.6. The number of benzene rings is 8. The fraction of sp³-hybridized carbons (Fsp3) is 0.342. The monoisotopic (exact) mass is 1090 g/mol. The van der Waals surface area contributed by atoms with E-state index in [0.717, 1.165) is 73.6 Å². The van der Waals surface area contributed by atoms with Gasteiger partial charge in [-0.15, -0.1) is 0 Å². The Bertz CT molecular complexity index is 4140. The summed E-state index contributed by atoms with van der Waals surface area (Å²) in [5.41, 5.74) is 25.1. The zero-order valence-electron chi connectivity index (χ0n) is 53.1. The quantitative estimate of drug-likeness (QED) is 0.157. The SMILES string of the molecule is Cc1cc(-c2ccccc2)cc(C)c1-c1cc(-c2cc(-c3nc4ccccc4n3-c3c(C(C)C)cc(-c4cc5c6c(cccc6c4)C(C)(C)CC5(C)C)cc3C(C)C)cc(C(C)(C)C)c2)nc(-c2cc(C(C)(C)C)cc(C(C)(C)C)c2O)c1. The molecule has 0 aliphatic heterocycles. The Labute approximate surface area is 496 Å². The van der Waals surface area contributed by atoms with Crippen molar-refractivity contribution in [1.82, 2.24) is 14.5 Å². The molecule has 8 aromatic carbocycles. The van der Waals surface area contributed by atoms with Crippen LogP contribution in [0.3, 0.4) is 0 Å². The van der Waals surface area contributed by atoms with Gasteiger partial charge in [0.15, 0.2) is 0 Å². The van der Waals surface area contributed by atoms with Crippen LogP contribution in [0.2, 0.25) is 0 Å². The van der Waals surface area contributed by atoms with Gasteiger partial charge in [-0.3, -0.25) is 4.57 Å². The number of nitrogens with zero attached hydrogens (tertiary/aromatic N) is 3. The average molecular weight is 1090 g/mol. The molecule has 0 saturated heterocycles. The fourth-order valence-electron chi connectivity index (χ4n) is 13.8. The number of aryl methyl sites for hydroxylation is 2. The Hall–Kier alpha value is -7.56. The number of para-hydroxylation sites is 2. The highest BCUT2D eigenvalue weighted by molar-refractivity contribution is 5.96. The molecule has 2 aromatic heterocycles. The molecule has 0 unspecified atom stereocenters. The number of pyridine rings is 1. The molecule has 0 amide bonds. The number of imidazole rings is 1. The van der Waals surface area contributed by atoms with Crippen molar-refractivity contribution >= 4 is 21.8 Å². The van der Waals surface area contributed by atoms with E-state index < -0.39 is 0 Å². The molecule has 10 aromatic rings. The lowest BCUT2D eigenvalue weighted by molar-refractivity contribution is 0.341. The van der Waals surface area contributed by atoms with Crippen LogP contribution >= 0.6 is 0 Å². The summed E-state index contributed by atoms with van der Waals surface area (Å²) in [6.07, 6.45) is 1.09. The van der Waals surface area contributed by atoms with E-state index >= 15 is 0 Å². The number of aromatic nitrogens is 3. The lowest BCUT2D eigenvalue weighted by atomic mass is 9.61. The van der Waals surface area contributed by atoms with Gasteiger partial charge in [-0.1, -0.05) is 197 Å². The van der Waals surface area contributed by atoms with Crippen LogP contribution in [0.4, 0.5) is 0 Å². The van der Waals surface area contributed by atoms with Crippen molar-refractivity contribution in [1.29, 1.82) is 0 Å². The standard InChI is InChI=1S/C79H87N3O/c1-46(2)60-38-54(53-34-51-28-25-29-63-71(51)64(40-53)79(18,19)45-78(63,16)17)39-61(47(3)4)72(60)82-69-31-24-23-30-66(69)81-74(82)57-35-55(36-58(37-57)75(7,8)9)67-41-56(70-48(5)32-52(33-49(70)6)50-26-21-20-22-27-50)42-68(80-67)62-43-59(76(10,11)12)44-65(73(62)83)77(13,14)15/h20-44,46-47,83H,45H2,1-19H3. The van der Waals surface area contributed by atoms with Crippen LogP contribution in [-0.4, -0.2) is 19.6 Å². The Balaban J connectivity index is 1.17. The minimum atomic E-state index is -0.321. The zero-order valence-corrected chi connectivity index (χ0v) is 53.1. The van der Waals surface area contributed by atoms with E-state index in [4.69, 9.17) is 9.97 Å². The third-order valence-electron chi connectivity index (χ3n) is 18.0. The van der Waals surface area contributed by atoms with Crippen LogP contribution in [0.15, 0.2) is 152 Å². The number of rotatable bonds is 9.